The number of hydrogen-bond donors (Lipinski definition) is 1. The van der Waals surface area contributed by atoms with Gasteiger partial charge in [-0.2, -0.15) is 0 Å². The highest BCUT2D eigenvalue weighted by atomic mass is 35.5. The molecule has 0 unspecified atom stereocenters. The number of piperidine rings is 1. The quantitative estimate of drug-likeness (QED) is 0.343. The van der Waals surface area contributed by atoms with Crippen LogP contribution >= 0.6 is 48.0 Å². The summed E-state index contributed by atoms with van der Waals surface area (Å²) in [6, 6.07) is 20.9. The average Bonchev–Trinajstić information content (AvgIpc) is 2.72. The number of nitrogens with zero attached hydrogens (tertiary/aromatic N) is 1. The summed E-state index contributed by atoms with van der Waals surface area (Å²) in [5, 5.41) is 7.57. The van der Waals surface area contributed by atoms with E-state index < -0.39 is 0 Å². The largest absolute Gasteiger partial charge is 0.493 e. The highest BCUT2D eigenvalue weighted by molar-refractivity contribution is 6.34. The number of fused-ring (bicyclic) bond motifs is 1. The lowest BCUT2D eigenvalue weighted by Gasteiger charge is -2.33. The van der Waals surface area contributed by atoms with Gasteiger partial charge in [-0.1, -0.05) is 59.6 Å². The van der Waals surface area contributed by atoms with Crippen molar-refractivity contribution in [1.29, 1.82) is 0 Å². The van der Waals surface area contributed by atoms with Gasteiger partial charge in [-0.05, 0) is 48.9 Å². The van der Waals surface area contributed by atoms with Crippen LogP contribution in [0.5, 0.6) is 5.75 Å². The highest BCUT2D eigenvalue weighted by Gasteiger charge is 2.19. The Morgan fingerprint density at radius 1 is 0.903 bits per heavy atom. The van der Waals surface area contributed by atoms with Crippen LogP contribution in [0.25, 0.3) is 10.8 Å². The second kappa shape index (κ2) is 12.6. The second-order valence-corrected chi connectivity index (χ2v) is 8.47. The molecule has 1 aliphatic rings. The summed E-state index contributed by atoms with van der Waals surface area (Å²) < 4.78 is 5.79. The minimum atomic E-state index is 0. The summed E-state index contributed by atoms with van der Waals surface area (Å²) in [5.41, 5.74) is 1.25. The monoisotopic (exact) mass is 500 g/mol. The Hall–Kier alpha value is -1.36. The molecule has 4 rings (SSSR count). The summed E-state index contributed by atoms with van der Waals surface area (Å²) in [7, 11) is 0. The molecule has 0 aromatic heterocycles. The van der Waals surface area contributed by atoms with E-state index in [0.717, 1.165) is 44.6 Å². The van der Waals surface area contributed by atoms with Crippen molar-refractivity contribution < 1.29 is 4.74 Å². The van der Waals surface area contributed by atoms with E-state index in [9.17, 15) is 0 Å². The lowest BCUT2D eigenvalue weighted by molar-refractivity contribution is 0.198. The fraction of sp³-hybridized carbons (Fsp3) is 0.333. The summed E-state index contributed by atoms with van der Waals surface area (Å²) in [6.45, 7) is 3.96. The van der Waals surface area contributed by atoms with E-state index in [1.807, 2.05) is 0 Å². The lowest BCUT2D eigenvalue weighted by Crippen LogP contribution is -2.39. The molecule has 3 aromatic carbocycles. The minimum Gasteiger partial charge on any atom is -0.493 e. The first-order valence-corrected chi connectivity index (χ1v) is 11.0. The van der Waals surface area contributed by atoms with E-state index in [-0.39, 0.29) is 24.8 Å². The highest BCUT2D eigenvalue weighted by Crippen LogP contribution is 2.26. The van der Waals surface area contributed by atoms with E-state index in [1.54, 1.807) is 18.2 Å². The van der Waals surface area contributed by atoms with Crippen molar-refractivity contribution in [2.24, 2.45) is 0 Å². The lowest BCUT2D eigenvalue weighted by atomic mass is 10.0. The molecule has 0 amide bonds. The molecule has 0 aliphatic carbocycles. The van der Waals surface area contributed by atoms with Gasteiger partial charge in [0.1, 0.15) is 5.75 Å². The number of likely N-dealkylation sites (tertiary alicyclic amines) is 1. The molecule has 3 aromatic rings. The molecule has 3 nitrogen and oxygen atoms in total. The number of benzene rings is 3. The molecule has 168 valence electrons. The summed E-state index contributed by atoms with van der Waals surface area (Å²) in [5.74, 6) is 0.737. The zero-order chi connectivity index (χ0) is 20.1. The maximum Gasteiger partial charge on any atom is 0.122 e. The van der Waals surface area contributed by atoms with Gasteiger partial charge in [0.05, 0.1) is 6.61 Å². The van der Waals surface area contributed by atoms with Crippen LogP contribution in [0.4, 0.5) is 5.69 Å². The van der Waals surface area contributed by atoms with Crippen LogP contribution in [0.15, 0.2) is 60.7 Å². The summed E-state index contributed by atoms with van der Waals surface area (Å²) >= 11 is 12.0. The maximum atomic E-state index is 6.01. The number of hydrogen-bond acceptors (Lipinski definition) is 3. The molecule has 0 bridgehead atoms. The van der Waals surface area contributed by atoms with Crippen molar-refractivity contribution >= 4 is 64.5 Å². The van der Waals surface area contributed by atoms with E-state index in [4.69, 9.17) is 27.9 Å². The Labute approximate surface area is 206 Å². The third kappa shape index (κ3) is 7.34. The Bertz CT molecular complexity index is 936. The second-order valence-electron chi connectivity index (χ2n) is 7.59. The zero-order valence-electron chi connectivity index (χ0n) is 17.2. The van der Waals surface area contributed by atoms with Gasteiger partial charge in [-0.3, -0.25) is 0 Å². The Kier molecular flexibility index (Phi) is 10.5. The van der Waals surface area contributed by atoms with Crippen LogP contribution in [0, 0.1) is 0 Å². The van der Waals surface area contributed by atoms with Crippen molar-refractivity contribution in [2.45, 2.75) is 25.3 Å². The standard InChI is InChI=1S/C24H26Cl2N2O.2ClH/c25-19-15-20(26)17-22(16-19)29-14-4-11-28-12-9-21(10-13-28)27-24-8-3-6-18-5-1-2-7-23(18)24;;/h1-3,5-8,15-17,21,27H,4,9-14H2;2*1H. The topological polar surface area (TPSA) is 24.5 Å². The Morgan fingerprint density at radius 3 is 2.32 bits per heavy atom. The molecule has 0 spiro atoms. The predicted molar refractivity (Wildman–Crippen MR) is 138 cm³/mol. The van der Waals surface area contributed by atoms with Crippen molar-refractivity contribution in [1.82, 2.24) is 4.90 Å². The molecular formula is C24H28Cl4N2O. The van der Waals surface area contributed by atoms with E-state index in [2.05, 4.69) is 52.7 Å². The maximum absolute atomic E-state index is 6.01. The van der Waals surface area contributed by atoms with Crippen molar-refractivity contribution in [3.05, 3.63) is 70.7 Å². The first kappa shape index (κ1) is 25.9. The third-order valence-corrected chi connectivity index (χ3v) is 5.90. The molecule has 0 radical (unpaired) electrons. The number of anilines is 1. The molecular weight excluding hydrogens is 474 g/mol. The molecule has 1 heterocycles. The van der Waals surface area contributed by atoms with Crippen molar-refractivity contribution in [3.63, 3.8) is 0 Å². The molecule has 1 fully saturated rings. The van der Waals surface area contributed by atoms with E-state index >= 15 is 0 Å². The normalized spacial score (nSPS) is 14.5. The smallest absolute Gasteiger partial charge is 0.122 e. The van der Waals surface area contributed by atoms with Gasteiger partial charge < -0.3 is 15.0 Å². The van der Waals surface area contributed by atoms with Gasteiger partial charge in [0.15, 0.2) is 0 Å². The molecule has 1 saturated heterocycles. The van der Waals surface area contributed by atoms with Crippen LogP contribution in [0.3, 0.4) is 0 Å². The molecule has 31 heavy (non-hydrogen) atoms. The van der Waals surface area contributed by atoms with Crippen LogP contribution in [0.1, 0.15) is 19.3 Å². The van der Waals surface area contributed by atoms with E-state index in [1.165, 1.54) is 16.5 Å². The van der Waals surface area contributed by atoms with Crippen molar-refractivity contribution in [3.8, 4) is 5.75 Å². The summed E-state index contributed by atoms with van der Waals surface area (Å²) in [6.07, 6.45) is 3.31. The molecule has 1 aliphatic heterocycles. The van der Waals surface area contributed by atoms with E-state index in [0.29, 0.717) is 22.7 Å². The van der Waals surface area contributed by atoms with Crippen molar-refractivity contribution in [2.75, 3.05) is 31.6 Å². The predicted octanol–water partition coefficient (Wildman–Crippen LogP) is 7.34. The zero-order valence-corrected chi connectivity index (χ0v) is 20.4. The van der Waals surface area contributed by atoms with Gasteiger partial charge in [0, 0.05) is 46.8 Å². The fourth-order valence-corrected chi connectivity index (χ4v) is 4.47. The molecule has 7 heteroatoms. The summed E-state index contributed by atoms with van der Waals surface area (Å²) in [4.78, 5) is 2.52. The van der Waals surface area contributed by atoms with Crippen LogP contribution < -0.4 is 10.1 Å². The molecule has 0 saturated carbocycles. The first-order chi connectivity index (χ1) is 14.2. The molecule has 1 N–H and O–H groups in total. The van der Waals surface area contributed by atoms with Crippen LogP contribution in [0.2, 0.25) is 10.0 Å². The number of rotatable bonds is 7. The third-order valence-electron chi connectivity index (χ3n) is 5.46. The van der Waals surface area contributed by atoms with Gasteiger partial charge in [0.2, 0.25) is 0 Å². The van der Waals surface area contributed by atoms with Gasteiger partial charge in [-0.15, -0.1) is 24.8 Å². The number of nitrogens with one attached hydrogen (secondary N) is 1. The minimum absolute atomic E-state index is 0. The first-order valence-electron chi connectivity index (χ1n) is 10.2. The van der Waals surface area contributed by atoms with Gasteiger partial charge in [-0.25, -0.2) is 0 Å². The Balaban J connectivity index is 0.00000171. The Morgan fingerprint density at radius 2 is 1.58 bits per heavy atom. The molecule has 0 atom stereocenters. The SMILES string of the molecule is Cl.Cl.Clc1cc(Cl)cc(OCCCN2CCC(Nc3cccc4ccccc34)CC2)c1. The number of ether oxygens (including phenoxy) is 1. The average molecular weight is 502 g/mol. The van der Waals surface area contributed by atoms with Gasteiger partial charge >= 0.3 is 0 Å². The van der Waals surface area contributed by atoms with Crippen LogP contribution in [-0.2, 0) is 0 Å². The van der Waals surface area contributed by atoms with Gasteiger partial charge in [0.25, 0.3) is 0 Å². The van der Waals surface area contributed by atoms with Crippen LogP contribution in [-0.4, -0.2) is 37.2 Å². The fourth-order valence-electron chi connectivity index (χ4n) is 3.96. The number of halogens is 4.